The Hall–Kier alpha value is -2.29. The molecule has 132 valence electrons. The summed E-state index contributed by atoms with van der Waals surface area (Å²) in [7, 11) is 0. The Bertz CT molecular complexity index is 1120. The van der Waals surface area contributed by atoms with Gasteiger partial charge in [-0.25, -0.2) is 4.39 Å². The molecule has 4 aromatic rings. The number of alkyl halides is 3. The van der Waals surface area contributed by atoms with Gasteiger partial charge in [0.25, 0.3) is 0 Å². The molecule has 0 saturated heterocycles. The van der Waals surface area contributed by atoms with Crippen LogP contribution in [0.5, 0.6) is 0 Å². The van der Waals surface area contributed by atoms with Crippen LogP contribution in [0.1, 0.15) is 5.56 Å². The molecule has 1 aromatic heterocycles. The quantitative estimate of drug-likeness (QED) is 0.174. The van der Waals surface area contributed by atoms with Crippen LogP contribution in [0.25, 0.3) is 21.9 Å². The number of hydrogen-bond donors (Lipinski definition) is 0. The van der Waals surface area contributed by atoms with Crippen LogP contribution in [-0.4, -0.2) is 0 Å². The number of nitrogens with zero attached hydrogens (tertiary/aromatic N) is 1. The highest BCUT2D eigenvalue weighted by atomic mass is 127. The van der Waals surface area contributed by atoms with Crippen molar-refractivity contribution in [1.29, 1.82) is 0 Å². The first-order chi connectivity index (χ1) is 12.4. The van der Waals surface area contributed by atoms with E-state index < -0.39 is 17.6 Å². The lowest BCUT2D eigenvalue weighted by atomic mass is 10.1. The van der Waals surface area contributed by atoms with Crippen LogP contribution < -0.4 is 3.11 Å². The van der Waals surface area contributed by atoms with Crippen molar-refractivity contribution in [1.82, 2.24) is 0 Å². The van der Waals surface area contributed by atoms with Crippen molar-refractivity contribution in [3.63, 3.8) is 0 Å². The number of benzene rings is 3. The van der Waals surface area contributed by atoms with Crippen LogP contribution in [0, 0.1) is 5.82 Å². The van der Waals surface area contributed by atoms with Crippen LogP contribution in [-0.2, 0) is 6.18 Å². The molecule has 3 aromatic carbocycles. The first-order valence-corrected chi connectivity index (χ1v) is 8.56. The van der Waals surface area contributed by atoms with Gasteiger partial charge in [0.1, 0.15) is 0 Å². The summed E-state index contributed by atoms with van der Waals surface area (Å²) in [5, 5.41) is 1.22. The van der Waals surface area contributed by atoms with E-state index in [0.29, 0.717) is 22.0 Å². The molecule has 7 heteroatoms. The average molecular weight is 471 g/mol. The fourth-order valence-corrected chi connectivity index (χ4v) is 3.74. The lowest BCUT2D eigenvalue weighted by Crippen LogP contribution is -2.12. The van der Waals surface area contributed by atoms with Gasteiger partial charge in [-0.3, -0.25) is 3.11 Å². The van der Waals surface area contributed by atoms with Gasteiger partial charge in [0, 0.05) is 10.8 Å². The van der Waals surface area contributed by atoms with Gasteiger partial charge in [-0.05, 0) is 24.3 Å². The molecule has 0 spiro atoms. The van der Waals surface area contributed by atoms with Crippen molar-refractivity contribution < 1.29 is 22.0 Å². The number of rotatable bonds is 2. The Morgan fingerprint density at radius 3 is 2.12 bits per heavy atom. The Morgan fingerprint density at radius 1 is 0.769 bits per heavy atom. The number of halogens is 5. The van der Waals surface area contributed by atoms with Crippen LogP contribution in [0.4, 0.5) is 28.9 Å². The third-order valence-electron chi connectivity index (χ3n) is 4.09. The van der Waals surface area contributed by atoms with Gasteiger partial charge < -0.3 is 4.42 Å². The minimum atomic E-state index is -4.49. The van der Waals surface area contributed by atoms with Gasteiger partial charge in [0.15, 0.2) is 17.0 Å². The normalized spacial score (nSPS) is 12.0. The van der Waals surface area contributed by atoms with E-state index >= 15 is 0 Å². The fraction of sp³-hybridized carbons (Fsp3) is 0.0526. The first kappa shape index (κ1) is 17.1. The van der Waals surface area contributed by atoms with Crippen LogP contribution in [0.3, 0.4) is 0 Å². The van der Waals surface area contributed by atoms with Crippen molar-refractivity contribution in [2.45, 2.75) is 6.18 Å². The molecule has 0 aliphatic heterocycles. The lowest BCUT2D eigenvalue weighted by molar-refractivity contribution is -0.137. The molecule has 0 unspecified atom stereocenters. The summed E-state index contributed by atoms with van der Waals surface area (Å²) in [6.45, 7) is 0. The van der Waals surface area contributed by atoms with Crippen molar-refractivity contribution in [2.24, 2.45) is 0 Å². The summed E-state index contributed by atoms with van der Waals surface area (Å²) in [6.07, 6.45) is -4.49. The van der Waals surface area contributed by atoms with Gasteiger partial charge in [-0.1, -0.05) is 36.4 Å². The van der Waals surface area contributed by atoms with Crippen LogP contribution in [0.15, 0.2) is 65.1 Å². The summed E-state index contributed by atoms with van der Waals surface area (Å²) >= 11 is 1.80. The summed E-state index contributed by atoms with van der Waals surface area (Å²) < 4.78 is 61.2. The van der Waals surface area contributed by atoms with E-state index in [-0.39, 0.29) is 11.3 Å². The summed E-state index contributed by atoms with van der Waals surface area (Å²) in [6, 6.07) is 15.0. The van der Waals surface area contributed by atoms with Gasteiger partial charge in [-0.15, -0.1) is 0 Å². The van der Waals surface area contributed by atoms with E-state index in [2.05, 4.69) is 0 Å². The van der Waals surface area contributed by atoms with E-state index in [1.807, 2.05) is 0 Å². The fourth-order valence-electron chi connectivity index (χ4n) is 2.94. The Balaban J connectivity index is 1.96. The van der Waals surface area contributed by atoms with Crippen LogP contribution >= 0.6 is 22.9 Å². The lowest BCUT2D eigenvalue weighted by Gasteiger charge is -2.21. The monoisotopic (exact) mass is 471 g/mol. The molecule has 4 rings (SSSR count). The molecule has 0 amide bonds. The number of para-hydroxylation sites is 3. The molecule has 0 aliphatic carbocycles. The second-order valence-electron chi connectivity index (χ2n) is 5.67. The molecule has 26 heavy (non-hydrogen) atoms. The Morgan fingerprint density at radius 2 is 1.38 bits per heavy atom. The largest absolute Gasteiger partial charge is 0.451 e. The Kier molecular flexibility index (Phi) is 4.06. The maximum Gasteiger partial charge on any atom is 0.418 e. The van der Waals surface area contributed by atoms with Gasteiger partial charge in [0.05, 0.1) is 39.8 Å². The molecule has 0 radical (unpaired) electrons. The van der Waals surface area contributed by atoms with Crippen LogP contribution in [0.2, 0.25) is 0 Å². The second-order valence-corrected chi connectivity index (χ2v) is 6.63. The number of fused-ring (bicyclic) bond motifs is 3. The van der Waals surface area contributed by atoms with Gasteiger partial charge >= 0.3 is 6.18 Å². The topological polar surface area (TPSA) is 16.4 Å². The zero-order valence-electron chi connectivity index (χ0n) is 13.0. The van der Waals surface area contributed by atoms with E-state index in [9.17, 15) is 17.6 Å². The third kappa shape index (κ3) is 2.70. The minimum Gasteiger partial charge on any atom is -0.451 e. The molecule has 2 nitrogen and oxygen atoms in total. The van der Waals surface area contributed by atoms with E-state index in [1.54, 1.807) is 53.2 Å². The minimum absolute atomic E-state index is 0.0194. The first-order valence-electron chi connectivity index (χ1n) is 7.60. The molecular formula is C19H10F4INO. The molecule has 0 bridgehead atoms. The highest BCUT2D eigenvalue weighted by molar-refractivity contribution is 14.1. The standard InChI is InChI=1S/C19H10F4INO/c20-14-8-3-5-11-12-6-4-10-16(18(12)26-17(11)14)25(24)15-9-2-1-7-13(15)19(21,22)23/h1-10H. The summed E-state index contributed by atoms with van der Waals surface area (Å²) in [5.41, 5.74) is 0.0564. The van der Waals surface area contributed by atoms with Crippen molar-refractivity contribution in [3.8, 4) is 0 Å². The van der Waals surface area contributed by atoms with Crippen molar-refractivity contribution in [2.75, 3.05) is 3.11 Å². The van der Waals surface area contributed by atoms with Crippen molar-refractivity contribution in [3.05, 3.63) is 72.0 Å². The zero-order valence-corrected chi connectivity index (χ0v) is 15.2. The molecular weight excluding hydrogens is 461 g/mol. The Labute approximate surface area is 159 Å². The molecule has 0 aliphatic rings. The number of anilines is 2. The summed E-state index contributed by atoms with van der Waals surface area (Å²) in [4.78, 5) is 0. The van der Waals surface area contributed by atoms with Crippen molar-refractivity contribution >= 4 is 56.2 Å². The predicted molar refractivity (Wildman–Crippen MR) is 101 cm³/mol. The maximum atomic E-state index is 14.0. The third-order valence-corrected chi connectivity index (χ3v) is 5.13. The van der Waals surface area contributed by atoms with E-state index in [0.717, 1.165) is 6.07 Å². The molecule has 0 fully saturated rings. The highest BCUT2D eigenvalue weighted by Crippen LogP contribution is 2.44. The van der Waals surface area contributed by atoms with E-state index in [4.69, 9.17) is 4.42 Å². The number of furan rings is 1. The zero-order chi connectivity index (χ0) is 18.5. The maximum absolute atomic E-state index is 14.0. The van der Waals surface area contributed by atoms with E-state index in [1.165, 1.54) is 27.4 Å². The molecule has 0 N–H and O–H groups in total. The molecule has 1 heterocycles. The molecule has 0 saturated carbocycles. The summed E-state index contributed by atoms with van der Waals surface area (Å²) in [5.74, 6) is -0.514. The highest BCUT2D eigenvalue weighted by Gasteiger charge is 2.35. The number of hydrogen-bond acceptors (Lipinski definition) is 2. The van der Waals surface area contributed by atoms with Gasteiger partial charge in [-0.2, -0.15) is 13.2 Å². The van der Waals surface area contributed by atoms with Gasteiger partial charge in [0.2, 0.25) is 0 Å². The smallest absolute Gasteiger partial charge is 0.418 e. The second kappa shape index (κ2) is 6.15. The SMILES string of the molecule is Fc1cccc2c1oc1c(N(I)c3ccccc3C(F)(F)F)cccc12. The average Bonchev–Trinajstić information content (AvgIpc) is 3.01. The predicted octanol–water partition coefficient (Wildman–Crippen LogP) is 7.23. The molecule has 0 atom stereocenters.